The Morgan fingerprint density at radius 2 is 1.80 bits per heavy atom. The molecule has 8 heteroatoms. The molecule has 0 heterocycles. The lowest BCUT2D eigenvalue weighted by atomic mass is 10.1. The summed E-state index contributed by atoms with van der Waals surface area (Å²) in [6.45, 7) is 1.62. The number of urea groups is 1. The van der Waals surface area contributed by atoms with Gasteiger partial charge in [0.15, 0.2) is 11.6 Å². The Bertz CT molecular complexity index is 814. The van der Waals surface area contributed by atoms with E-state index < -0.39 is 23.7 Å². The Hall–Kier alpha value is -2.67. The van der Waals surface area contributed by atoms with Gasteiger partial charge in [0.05, 0.1) is 16.8 Å². The number of anilines is 1. The van der Waals surface area contributed by atoms with E-state index in [1.54, 1.807) is 6.92 Å². The highest BCUT2D eigenvalue weighted by Crippen LogP contribution is 2.23. The normalized spacial score (nSPS) is 11.6. The molecule has 3 amide bonds. The van der Waals surface area contributed by atoms with Gasteiger partial charge in [0, 0.05) is 12.6 Å². The predicted molar refractivity (Wildman–Crippen MR) is 91.8 cm³/mol. The first-order valence-corrected chi connectivity index (χ1v) is 7.73. The van der Waals surface area contributed by atoms with Crippen LogP contribution in [0.5, 0.6) is 0 Å². The van der Waals surface area contributed by atoms with E-state index in [4.69, 9.17) is 11.6 Å². The van der Waals surface area contributed by atoms with Gasteiger partial charge in [-0.1, -0.05) is 17.7 Å². The molecule has 0 saturated heterocycles. The topological polar surface area (TPSA) is 70.2 Å². The molecule has 0 aliphatic heterocycles. The van der Waals surface area contributed by atoms with Gasteiger partial charge in [0.2, 0.25) is 0 Å². The Kier molecular flexibility index (Phi) is 5.93. The lowest BCUT2D eigenvalue weighted by Gasteiger charge is -2.16. The quantitative estimate of drug-likeness (QED) is 0.768. The van der Waals surface area contributed by atoms with E-state index in [1.807, 2.05) is 0 Å². The molecule has 0 radical (unpaired) electrons. The maximum absolute atomic E-state index is 13.3. The summed E-state index contributed by atoms with van der Waals surface area (Å²) in [6, 6.07) is 6.65. The van der Waals surface area contributed by atoms with E-state index in [1.165, 1.54) is 31.3 Å². The summed E-state index contributed by atoms with van der Waals surface area (Å²) in [6.07, 6.45) is 0. The number of nitrogens with one attached hydrogen (secondary N) is 3. The van der Waals surface area contributed by atoms with Crippen LogP contribution in [0.25, 0.3) is 0 Å². The summed E-state index contributed by atoms with van der Waals surface area (Å²) in [5.74, 6) is -2.28. The first kappa shape index (κ1) is 18.7. The molecule has 0 unspecified atom stereocenters. The number of rotatable bonds is 4. The fourth-order valence-corrected chi connectivity index (χ4v) is 2.29. The van der Waals surface area contributed by atoms with E-state index in [0.717, 1.165) is 12.1 Å². The summed E-state index contributed by atoms with van der Waals surface area (Å²) in [5, 5.41) is 7.83. The Morgan fingerprint density at radius 3 is 2.44 bits per heavy atom. The van der Waals surface area contributed by atoms with Gasteiger partial charge in [-0.3, -0.25) is 4.79 Å². The molecule has 25 heavy (non-hydrogen) atoms. The lowest BCUT2D eigenvalue weighted by molar-refractivity contribution is 0.0963. The van der Waals surface area contributed by atoms with Crippen molar-refractivity contribution < 1.29 is 18.4 Å². The first-order valence-electron chi connectivity index (χ1n) is 7.36. The molecule has 2 aromatic carbocycles. The predicted octanol–water partition coefficient (Wildman–Crippen LogP) is 3.86. The van der Waals surface area contributed by atoms with E-state index in [2.05, 4.69) is 16.0 Å². The number of halogens is 3. The summed E-state index contributed by atoms with van der Waals surface area (Å²) in [5.41, 5.74) is 0.980. The van der Waals surface area contributed by atoms with Crippen LogP contribution in [0.4, 0.5) is 19.3 Å². The number of carbonyl (C=O) groups is 2. The van der Waals surface area contributed by atoms with Crippen molar-refractivity contribution in [3.05, 3.63) is 64.2 Å². The molecule has 0 spiro atoms. The molecule has 0 aliphatic rings. The van der Waals surface area contributed by atoms with Crippen molar-refractivity contribution in [2.45, 2.75) is 13.0 Å². The van der Waals surface area contributed by atoms with E-state index >= 15 is 0 Å². The zero-order valence-electron chi connectivity index (χ0n) is 13.5. The molecule has 0 fully saturated rings. The van der Waals surface area contributed by atoms with Crippen molar-refractivity contribution in [3.63, 3.8) is 0 Å². The smallest absolute Gasteiger partial charge is 0.319 e. The SMILES string of the molecule is CNC(=O)c1ccc(Cl)c(NC(=O)N[C@@H](C)c2ccc(F)c(F)c2)c1. The second kappa shape index (κ2) is 7.94. The zero-order chi connectivity index (χ0) is 18.6. The number of carbonyl (C=O) groups excluding carboxylic acids is 2. The molecule has 3 N–H and O–H groups in total. The van der Waals surface area contributed by atoms with Gasteiger partial charge in [0.25, 0.3) is 5.91 Å². The third kappa shape index (κ3) is 4.67. The van der Waals surface area contributed by atoms with Gasteiger partial charge < -0.3 is 16.0 Å². The maximum Gasteiger partial charge on any atom is 0.319 e. The highest BCUT2D eigenvalue weighted by Gasteiger charge is 2.14. The monoisotopic (exact) mass is 367 g/mol. The fraction of sp³-hybridized carbons (Fsp3) is 0.176. The van der Waals surface area contributed by atoms with Crippen LogP contribution in [0.1, 0.15) is 28.9 Å². The van der Waals surface area contributed by atoms with Crippen LogP contribution in [-0.4, -0.2) is 19.0 Å². The summed E-state index contributed by atoms with van der Waals surface area (Å²) in [4.78, 5) is 23.7. The number of hydrogen-bond acceptors (Lipinski definition) is 2. The van der Waals surface area contributed by atoms with Crippen LogP contribution in [0.15, 0.2) is 36.4 Å². The summed E-state index contributed by atoms with van der Waals surface area (Å²) < 4.78 is 26.2. The van der Waals surface area contributed by atoms with Crippen LogP contribution in [0.3, 0.4) is 0 Å². The van der Waals surface area contributed by atoms with Gasteiger partial charge in [-0.25, -0.2) is 13.6 Å². The van der Waals surface area contributed by atoms with Crippen LogP contribution >= 0.6 is 11.6 Å². The standard InChI is InChI=1S/C17H16ClF2N3O2/c1-9(10-4-6-13(19)14(20)7-10)22-17(25)23-15-8-11(16(24)21-2)3-5-12(15)18/h3-9H,1-2H3,(H,21,24)(H2,22,23,25)/t9-/m0/s1. The van der Waals surface area contributed by atoms with Crippen molar-refractivity contribution in [1.82, 2.24) is 10.6 Å². The minimum Gasteiger partial charge on any atom is -0.355 e. The number of hydrogen-bond donors (Lipinski definition) is 3. The lowest BCUT2D eigenvalue weighted by Crippen LogP contribution is -2.31. The molecule has 132 valence electrons. The molecule has 2 aromatic rings. The molecule has 0 aromatic heterocycles. The van der Waals surface area contributed by atoms with Crippen LogP contribution in [-0.2, 0) is 0 Å². The first-order chi connectivity index (χ1) is 11.8. The van der Waals surface area contributed by atoms with Gasteiger partial charge >= 0.3 is 6.03 Å². The largest absolute Gasteiger partial charge is 0.355 e. The minimum absolute atomic E-state index is 0.248. The van der Waals surface area contributed by atoms with Gasteiger partial charge in [-0.2, -0.15) is 0 Å². The van der Waals surface area contributed by atoms with Crippen molar-refractivity contribution in [3.8, 4) is 0 Å². The van der Waals surface area contributed by atoms with Crippen LogP contribution in [0.2, 0.25) is 5.02 Å². The molecule has 5 nitrogen and oxygen atoms in total. The maximum atomic E-state index is 13.3. The average Bonchev–Trinajstić information content (AvgIpc) is 2.58. The second-order valence-corrected chi connectivity index (χ2v) is 5.67. The highest BCUT2D eigenvalue weighted by molar-refractivity contribution is 6.33. The molecule has 2 rings (SSSR count). The third-order valence-corrected chi connectivity index (χ3v) is 3.82. The molecular weight excluding hydrogens is 352 g/mol. The summed E-state index contributed by atoms with van der Waals surface area (Å²) in [7, 11) is 1.49. The van der Waals surface area contributed by atoms with Crippen LogP contribution in [0, 0.1) is 11.6 Å². The van der Waals surface area contributed by atoms with Crippen molar-refractivity contribution in [2.24, 2.45) is 0 Å². The van der Waals surface area contributed by atoms with Crippen molar-refractivity contribution in [2.75, 3.05) is 12.4 Å². The van der Waals surface area contributed by atoms with Gasteiger partial charge in [-0.15, -0.1) is 0 Å². The molecule has 0 bridgehead atoms. The van der Waals surface area contributed by atoms with Gasteiger partial charge in [0.1, 0.15) is 0 Å². The molecular formula is C17H16ClF2N3O2. The minimum atomic E-state index is -0.993. The van der Waals surface area contributed by atoms with Crippen LogP contribution < -0.4 is 16.0 Å². The van der Waals surface area contributed by atoms with E-state index in [0.29, 0.717) is 11.1 Å². The fourth-order valence-electron chi connectivity index (χ4n) is 2.13. The third-order valence-electron chi connectivity index (χ3n) is 3.50. The second-order valence-electron chi connectivity index (χ2n) is 5.27. The van der Waals surface area contributed by atoms with E-state index in [-0.39, 0.29) is 16.6 Å². The summed E-state index contributed by atoms with van der Waals surface area (Å²) >= 11 is 6.01. The Labute approximate surface area is 148 Å². The van der Waals surface area contributed by atoms with Gasteiger partial charge in [-0.05, 0) is 42.8 Å². The van der Waals surface area contributed by atoms with Crippen molar-refractivity contribution in [1.29, 1.82) is 0 Å². The zero-order valence-corrected chi connectivity index (χ0v) is 14.2. The molecule has 0 saturated carbocycles. The average molecular weight is 368 g/mol. The number of amides is 3. The Balaban J connectivity index is 2.09. The Morgan fingerprint density at radius 1 is 1.08 bits per heavy atom. The highest BCUT2D eigenvalue weighted by atomic mass is 35.5. The molecule has 0 aliphatic carbocycles. The van der Waals surface area contributed by atoms with Crippen molar-refractivity contribution >= 4 is 29.2 Å². The number of benzene rings is 2. The molecule has 1 atom stereocenters. The van der Waals surface area contributed by atoms with E-state index in [9.17, 15) is 18.4 Å².